The summed E-state index contributed by atoms with van der Waals surface area (Å²) in [5, 5.41) is 8.62. The van der Waals surface area contributed by atoms with E-state index in [4.69, 9.17) is 5.11 Å². The maximum Gasteiger partial charge on any atom is 0.380 e. The third-order valence-electron chi connectivity index (χ3n) is 1.86. The molecule has 0 aliphatic rings. The Hall–Kier alpha value is -0.600. The molecular formula is C7H8F8O. The van der Waals surface area contributed by atoms with Crippen molar-refractivity contribution in [2.75, 3.05) is 0 Å². The Labute approximate surface area is 85.0 Å². The molecule has 1 nitrogen and oxygen atoms in total. The lowest BCUT2D eigenvalue weighted by atomic mass is 9.91. The van der Waals surface area contributed by atoms with Gasteiger partial charge in [0.25, 0.3) is 0 Å². The number of hydrogen-bond donors (Lipinski definition) is 1. The zero-order chi connectivity index (χ0) is 13.6. The summed E-state index contributed by atoms with van der Waals surface area (Å²) in [4.78, 5) is 0. The van der Waals surface area contributed by atoms with Gasteiger partial charge in [0.1, 0.15) is 5.60 Å². The van der Waals surface area contributed by atoms with E-state index in [1.165, 1.54) is 0 Å². The molecule has 0 amide bonds. The summed E-state index contributed by atoms with van der Waals surface area (Å²) in [7, 11) is 0. The molecule has 0 aromatic heterocycles. The average molecular weight is 260 g/mol. The zero-order valence-corrected chi connectivity index (χ0v) is 8.05. The summed E-state index contributed by atoms with van der Waals surface area (Å²) in [6.07, 6.45) is -4.98. The maximum atomic E-state index is 12.8. The van der Waals surface area contributed by atoms with E-state index >= 15 is 0 Å². The summed E-state index contributed by atoms with van der Waals surface area (Å²) in [6.45, 7) is 0.227. The minimum absolute atomic E-state index is 0.114. The van der Waals surface area contributed by atoms with Crippen LogP contribution in [0.3, 0.4) is 0 Å². The Morgan fingerprint density at radius 2 is 1.12 bits per heavy atom. The van der Waals surface area contributed by atoms with Gasteiger partial charge in [-0.15, -0.1) is 0 Å². The van der Waals surface area contributed by atoms with Gasteiger partial charge in [0.05, 0.1) is 0 Å². The van der Waals surface area contributed by atoms with Gasteiger partial charge in [0, 0.05) is 0 Å². The standard InChI is InChI=1S/C7H8F8O/c1-4(2,16)6(12,13)7(14,15)5(10,11)3(8)9/h3,16H,1-2H3. The van der Waals surface area contributed by atoms with E-state index in [-0.39, 0.29) is 13.8 Å². The fourth-order valence-corrected chi connectivity index (χ4v) is 0.731. The SMILES string of the molecule is CC(C)(O)C(F)(F)C(F)(F)C(F)(F)C(F)F. The molecule has 9 heteroatoms. The molecule has 0 aromatic carbocycles. The molecule has 16 heavy (non-hydrogen) atoms. The third-order valence-corrected chi connectivity index (χ3v) is 1.86. The topological polar surface area (TPSA) is 20.2 Å². The molecule has 0 bridgehead atoms. The molecule has 98 valence electrons. The summed E-state index contributed by atoms with van der Waals surface area (Å²) < 4.78 is 98.4. The van der Waals surface area contributed by atoms with Gasteiger partial charge < -0.3 is 5.11 Å². The fourth-order valence-electron chi connectivity index (χ4n) is 0.731. The molecule has 0 rings (SSSR count). The minimum atomic E-state index is -6.37. The molecule has 0 aliphatic heterocycles. The normalized spacial score (nSPS) is 15.8. The zero-order valence-electron chi connectivity index (χ0n) is 8.05. The van der Waals surface area contributed by atoms with Gasteiger partial charge in [-0.05, 0) is 13.8 Å². The first kappa shape index (κ1) is 15.4. The molecule has 0 aliphatic carbocycles. The van der Waals surface area contributed by atoms with Crippen molar-refractivity contribution >= 4 is 0 Å². The lowest BCUT2D eigenvalue weighted by Gasteiger charge is -2.38. The summed E-state index contributed by atoms with van der Waals surface area (Å²) in [5.74, 6) is -18.3. The number of hydrogen-bond acceptors (Lipinski definition) is 1. The molecule has 0 atom stereocenters. The number of rotatable bonds is 4. The van der Waals surface area contributed by atoms with Crippen LogP contribution in [0.2, 0.25) is 0 Å². The van der Waals surface area contributed by atoms with Gasteiger partial charge in [-0.2, -0.15) is 26.3 Å². The molecule has 0 radical (unpaired) electrons. The molecule has 0 saturated carbocycles. The lowest BCUT2D eigenvalue weighted by Crippen LogP contribution is -2.65. The fraction of sp³-hybridized carbons (Fsp3) is 1.00. The van der Waals surface area contributed by atoms with E-state index < -0.39 is 29.8 Å². The van der Waals surface area contributed by atoms with Crippen LogP contribution in [0.4, 0.5) is 35.1 Å². The number of aliphatic hydroxyl groups is 1. The van der Waals surface area contributed by atoms with E-state index in [2.05, 4.69) is 0 Å². The van der Waals surface area contributed by atoms with Crippen LogP contribution >= 0.6 is 0 Å². The molecule has 0 aromatic rings. The Kier molecular flexibility index (Phi) is 3.57. The predicted molar refractivity (Wildman–Crippen MR) is 37.1 cm³/mol. The van der Waals surface area contributed by atoms with Crippen molar-refractivity contribution in [1.29, 1.82) is 0 Å². The Morgan fingerprint density at radius 1 is 0.812 bits per heavy atom. The summed E-state index contributed by atoms with van der Waals surface area (Å²) >= 11 is 0. The first-order chi connectivity index (χ1) is 6.69. The Bertz CT molecular complexity index is 254. The van der Waals surface area contributed by atoms with E-state index in [1.54, 1.807) is 0 Å². The monoisotopic (exact) mass is 260 g/mol. The first-order valence-electron chi connectivity index (χ1n) is 3.83. The molecule has 0 heterocycles. The van der Waals surface area contributed by atoms with Crippen LogP contribution in [-0.4, -0.2) is 34.9 Å². The Balaban J connectivity index is 5.53. The number of alkyl halides is 8. The van der Waals surface area contributed by atoms with E-state index in [0.717, 1.165) is 0 Å². The highest BCUT2D eigenvalue weighted by Gasteiger charge is 2.79. The van der Waals surface area contributed by atoms with Crippen LogP contribution in [0.1, 0.15) is 13.8 Å². The summed E-state index contributed by atoms with van der Waals surface area (Å²) in [6, 6.07) is 0. The van der Waals surface area contributed by atoms with E-state index in [0.29, 0.717) is 0 Å². The van der Waals surface area contributed by atoms with Gasteiger partial charge >= 0.3 is 24.2 Å². The van der Waals surface area contributed by atoms with Crippen molar-refractivity contribution in [2.45, 2.75) is 43.6 Å². The molecule has 0 saturated heterocycles. The smallest absolute Gasteiger partial charge is 0.380 e. The molecule has 0 unspecified atom stereocenters. The second-order valence-corrected chi connectivity index (χ2v) is 3.63. The highest BCUT2D eigenvalue weighted by atomic mass is 19.4. The first-order valence-corrected chi connectivity index (χ1v) is 3.83. The van der Waals surface area contributed by atoms with Crippen molar-refractivity contribution in [3.8, 4) is 0 Å². The lowest BCUT2D eigenvalue weighted by molar-refractivity contribution is -0.369. The van der Waals surface area contributed by atoms with Crippen LogP contribution in [0.5, 0.6) is 0 Å². The van der Waals surface area contributed by atoms with Gasteiger partial charge in [-0.25, -0.2) is 8.78 Å². The van der Waals surface area contributed by atoms with Crippen molar-refractivity contribution in [2.24, 2.45) is 0 Å². The molecule has 0 fully saturated rings. The van der Waals surface area contributed by atoms with Crippen LogP contribution in [-0.2, 0) is 0 Å². The second-order valence-electron chi connectivity index (χ2n) is 3.63. The van der Waals surface area contributed by atoms with Gasteiger partial charge in [0.15, 0.2) is 0 Å². The van der Waals surface area contributed by atoms with Crippen LogP contribution in [0.25, 0.3) is 0 Å². The minimum Gasteiger partial charge on any atom is -0.384 e. The van der Waals surface area contributed by atoms with Crippen LogP contribution < -0.4 is 0 Å². The molecule has 1 N–H and O–H groups in total. The highest BCUT2D eigenvalue weighted by molar-refractivity contribution is 5.04. The Morgan fingerprint density at radius 3 is 1.31 bits per heavy atom. The van der Waals surface area contributed by atoms with Crippen molar-refractivity contribution in [1.82, 2.24) is 0 Å². The third kappa shape index (κ3) is 1.96. The largest absolute Gasteiger partial charge is 0.384 e. The predicted octanol–water partition coefficient (Wildman–Crippen LogP) is 2.93. The second kappa shape index (κ2) is 3.71. The number of halogens is 8. The average Bonchev–Trinajstić information content (AvgIpc) is 2.00. The van der Waals surface area contributed by atoms with E-state index in [9.17, 15) is 35.1 Å². The van der Waals surface area contributed by atoms with Gasteiger partial charge in [0.2, 0.25) is 0 Å². The van der Waals surface area contributed by atoms with Crippen molar-refractivity contribution in [3.05, 3.63) is 0 Å². The van der Waals surface area contributed by atoms with Crippen LogP contribution in [0, 0.1) is 0 Å². The highest BCUT2D eigenvalue weighted by Crippen LogP contribution is 2.52. The van der Waals surface area contributed by atoms with Gasteiger partial charge in [-0.1, -0.05) is 0 Å². The van der Waals surface area contributed by atoms with Crippen molar-refractivity contribution < 1.29 is 40.2 Å². The van der Waals surface area contributed by atoms with Gasteiger partial charge in [-0.3, -0.25) is 0 Å². The van der Waals surface area contributed by atoms with Crippen LogP contribution in [0.15, 0.2) is 0 Å². The van der Waals surface area contributed by atoms with Crippen molar-refractivity contribution in [3.63, 3.8) is 0 Å². The van der Waals surface area contributed by atoms with E-state index in [1.807, 2.05) is 0 Å². The molecular weight excluding hydrogens is 252 g/mol. The molecule has 0 spiro atoms. The summed E-state index contributed by atoms with van der Waals surface area (Å²) in [5.41, 5.74) is -3.57. The quantitative estimate of drug-likeness (QED) is 0.770. The maximum absolute atomic E-state index is 12.8.